The highest BCUT2D eigenvalue weighted by molar-refractivity contribution is 5.86. The minimum Gasteiger partial charge on any atom is -0.336 e. The van der Waals surface area contributed by atoms with E-state index in [0.29, 0.717) is 0 Å². The maximum atomic E-state index is 9.36. The van der Waals surface area contributed by atoms with Gasteiger partial charge in [-0.25, -0.2) is 0 Å². The van der Waals surface area contributed by atoms with Crippen LogP contribution in [0.3, 0.4) is 0 Å². The van der Waals surface area contributed by atoms with Gasteiger partial charge in [-0.15, -0.1) is 0 Å². The summed E-state index contributed by atoms with van der Waals surface area (Å²) < 4.78 is 18.7. The van der Waals surface area contributed by atoms with E-state index in [1.165, 1.54) is 27.8 Å². The minimum atomic E-state index is -1.56. The highest BCUT2D eigenvalue weighted by Gasteiger charge is 2.37. The molecular formula is C37H43N. The van der Waals surface area contributed by atoms with Gasteiger partial charge in [0.2, 0.25) is 0 Å². The Hall–Kier alpha value is -3.32. The quantitative estimate of drug-likeness (QED) is 0.268. The average molecular weight is 504 g/mol. The second kappa shape index (κ2) is 9.16. The van der Waals surface area contributed by atoms with Crippen molar-refractivity contribution in [3.8, 4) is 22.3 Å². The monoisotopic (exact) mass is 503 g/mol. The number of hydrogen-bond acceptors (Lipinski definition) is 1. The number of anilines is 2. The highest BCUT2D eigenvalue weighted by atomic mass is 15.2. The number of benzene rings is 4. The molecule has 0 aromatic heterocycles. The van der Waals surface area contributed by atoms with Gasteiger partial charge in [0.1, 0.15) is 0 Å². The molecule has 4 aromatic rings. The van der Waals surface area contributed by atoms with Gasteiger partial charge in [-0.1, -0.05) is 107 Å². The van der Waals surface area contributed by atoms with Gasteiger partial charge < -0.3 is 4.90 Å². The van der Waals surface area contributed by atoms with Gasteiger partial charge in [0, 0.05) is 25.1 Å². The standard InChI is InChI=1S/C37H43N/c1-25-21-32-30(29-17-13-14-18-31(29)37(32,8)9)23-33(25)38(36(5,6)7)34-22-27(26-15-11-10-12-16-26)19-20-28(34)24-35(2,3)4/h10-23H,24H2,1-9H3/i24D2. The van der Waals surface area contributed by atoms with Crippen molar-refractivity contribution in [2.75, 3.05) is 4.90 Å². The normalized spacial score (nSPS) is 15.4. The van der Waals surface area contributed by atoms with Crippen LogP contribution in [-0.4, -0.2) is 5.54 Å². The number of rotatable bonds is 4. The Morgan fingerprint density at radius 2 is 1.34 bits per heavy atom. The summed E-state index contributed by atoms with van der Waals surface area (Å²) in [5.74, 6) is 0. The molecule has 196 valence electrons. The first-order valence-electron chi connectivity index (χ1n) is 14.8. The Kier molecular flexibility index (Phi) is 5.73. The summed E-state index contributed by atoms with van der Waals surface area (Å²) in [6.07, 6.45) is -1.56. The fourth-order valence-corrected chi connectivity index (χ4v) is 5.97. The van der Waals surface area contributed by atoms with E-state index < -0.39 is 11.8 Å². The Morgan fingerprint density at radius 1 is 0.684 bits per heavy atom. The van der Waals surface area contributed by atoms with E-state index in [1.54, 1.807) is 0 Å². The van der Waals surface area contributed by atoms with Gasteiger partial charge >= 0.3 is 0 Å². The van der Waals surface area contributed by atoms with Crippen molar-refractivity contribution in [2.24, 2.45) is 5.41 Å². The van der Waals surface area contributed by atoms with Crippen LogP contribution in [0.15, 0.2) is 84.9 Å². The van der Waals surface area contributed by atoms with Crippen LogP contribution in [0.25, 0.3) is 22.3 Å². The van der Waals surface area contributed by atoms with Crippen molar-refractivity contribution in [3.63, 3.8) is 0 Å². The Balaban J connectivity index is 1.82. The molecule has 0 fully saturated rings. The third-order valence-electron chi connectivity index (χ3n) is 7.67. The van der Waals surface area contributed by atoms with Crippen molar-refractivity contribution in [1.29, 1.82) is 0 Å². The van der Waals surface area contributed by atoms with Gasteiger partial charge in [-0.3, -0.25) is 0 Å². The van der Waals surface area contributed by atoms with Crippen LogP contribution in [0.5, 0.6) is 0 Å². The molecule has 1 heteroatoms. The number of aryl methyl sites for hydroxylation is 1. The largest absolute Gasteiger partial charge is 0.336 e. The van der Waals surface area contributed by atoms with E-state index in [0.717, 1.165) is 28.1 Å². The van der Waals surface area contributed by atoms with Gasteiger partial charge in [-0.05, 0) is 96.1 Å². The maximum absolute atomic E-state index is 9.36. The van der Waals surface area contributed by atoms with Crippen LogP contribution in [0, 0.1) is 12.3 Å². The molecule has 0 unspecified atom stereocenters. The molecule has 0 amide bonds. The molecule has 4 aromatic carbocycles. The van der Waals surface area contributed by atoms with Crippen LogP contribution in [0.4, 0.5) is 11.4 Å². The Bertz CT molecular complexity index is 1570. The lowest BCUT2D eigenvalue weighted by atomic mass is 9.81. The molecule has 1 nitrogen and oxygen atoms in total. The van der Waals surface area contributed by atoms with Crippen LogP contribution in [-0.2, 0) is 11.8 Å². The predicted octanol–water partition coefficient (Wildman–Crippen LogP) is 10.5. The number of hydrogen-bond donors (Lipinski definition) is 0. The smallest absolute Gasteiger partial charge is 0.0454 e. The van der Waals surface area contributed by atoms with Crippen molar-refractivity contribution < 1.29 is 2.74 Å². The summed E-state index contributed by atoms with van der Waals surface area (Å²) in [5, 5.41) is 0. The molecule has 0 saturated heterocycles. The summed E-state index contributed by atoms with van der Waals surface area (Å²) in [7, 11) is 0. The van der Waals surface area contributed by atoms with E-state index in [-0.39, 0.29) is 11.0 Å². The maximum Gasteiger partial charge on any atom is 0.0454 e. The summed E-state index contributed by atoms with van der Waals surface area (Å²) in [5.41, 5.74) is 10.5. The van der Waals surface area contributed by atoms with E-state index in [4.69, 9.17) is 0 Å². The van der Waals surface area contributed by atoms with Crippen LogP contribution in [0.1, 0.15) is 80.4 Å². The van der Waals surface area contributed by atoms with Gasteiger partial charge in [0.25, 0.3) is 0 Å². The molecule has 0 bridgehead atoms. The summed E-state index contributed by atoms with van der Waals surface area (Å²) in [6.45, 7) is 19.5. The minimum absolute atomic E-state index is 0.0656. The molecule has 1 aliphatic rings. The van der Waals surface area contributed by atoms with Crippen molar-refractivity contribution in [1.82, 2.24) is 0 Å². The SMILES string of the molecule is [2H]C([2H])(c1ccc(-c2ccccc2)cc1N(c1cc2c(cc1C)C(C)(C)c1ccccc1-2)C(C)(C)C)C(C)(C)C. The molecule has 0 spiro atoms. The van der Waals surface area contributed by atoms with E-state index >= 15 is 0 Å². The Labute approximate surface area is 233 Å². The third-order valence-corrected chi connectivity index (χ3v) is 7.67. The predicted molar refractivity (Wildman–Crippen MR) is 166 cm³/mol. The first kappa shape index (κ1) is 23.8. The topological polar surface area (TPSA) is 3.24 Å². The van der Waals surface area contributed by atoms with Crippen LogP contribution in [0.2, 0.25) is 0 Å². The molecule has 38 heavy (non-hydrogen) atoms. The first-order valence-corrected chi connectivity index (χ1v) is 13.8. The second-order valence-electron chi connectivity index (χ2n) is 13.3. The first-order chi connectivity index (χ1) is 18.5. The average Bonchev–Trinajstić information content (AvgIpc) is 3.09. The van der Waals surface area contributed by atoms with E-state index in [2.05, 4.69) is 119 Å². The summed E-state index contributed by atoms with van der Waals surface area (Å²) in [4.78, 5) is 2.38. The lowest BCUT2D eigenvalue weighted by molar-refractivity contribution is 0.410. The van der Waals surface area contributed by atoms with Gasteiger partial charge in [0.05, 0.1) is 0 Å². The van der Waals surface area contributed by atoms with Gasteiger partial charge in [0.15, 0.2) is 0 Å². The van der Waals surface area contributed by atoms with E-state index in [1.807, 2.05) is 32.9 Å². The second-order valence-corrected chi connectivity index (χ2v) is 13.3. The molecule has 0 saturated carbocycles. The summed E-state index contributed by atoms with van der Waals surface area (Å²) >= 11 is 0. The molecule has 0 heterocycles. The highest BCUT2D eigenvalue weighted by Crippen LogP contribution is 2.52. The van der Waals surface area contributed by atoms with Crippen LogP contribution < -0.4 is 4.90 Å². The van der Waals surface area contributed by atoms with E-state index in [9.17, 15) is 2.74 Å². The molecular weight excluding hydrogens is 458 g/mol. The summed E-state index contributed by atoms with van der Waals surface area (Å²) in [6, 6.07) is 30.2. The lowest BCUT2D eigenvalue weighted by Gasteiger charge is -2.41. The van der Waals surface area contributed by atoms with Crippen molar-refractivity contribution in [3.05, 3.63) is 107 Å². The van der Waals surface area contributed by atoms with Crippen LogP contribution >= 0.6 is 0 Å². The van der Waals surface area contributed by atoms with Gasteiger partial charge in [-0.2, -0.15) is 0 Å². The number of nitrogens with zero attached hydrogens (tertiary/aromatic N) is 1. The van der Waals surface area contributed by atoms with Crippen molar-refractivity contribution >= 4 is 11.4 Å². The fourth-order valence-electron chi connectivity index (χ4n) is 5.97. The molecule has 1 aliphatic carbocycles. The third kappa shape index (κ3) is 4.68. The molecule has 0 atom stereocenters. The lowest BCUT2D eigenvalue weighted by Crippen LogP contribution is -2.39. The zero-order valence-corrected chi connectivity index (χ0v) is 24.5. The zero-order valence-electron chi connectivity index (χ0n) is 26.5. The molecule has 5 rings (SSSR count). The zero-order chi connectivity index (χ0) is 29.3. The number of fused-ring (bicyclic) bond motifs is 3. The van der Waals surface area contributed by atoms with Crippen molar-refractivity contribution in [2.45, 2.75) is 79.6 Å². The molecule has 0 N–H and O–H groups in total. The Morgan fingerprint density at radius 3 is 2.00 bits per heavy atom. The fraction of sp³-hybridized carbons (Fsp3) is 0.351. The molecule has 0 radical (unpaired) electrons. The molecule has 0 aliphatic heterocycles.